The summed E-state index contributed by atoms with van der Waals surface area (Å²) < 4.78 is 7.35. The van der Waals surface area contributed by atoms with Crippen molar-refractivity contribution < 1.29 is 14.3 Å². The Labute approximate surface area is 162 Å². The van der Waals surface area contributed by atoms with Gasteiger partial charge in [-0.15, -0.1) is 0 Å². The number of nitrogens with zero attached hydrogens (tertiary/aromatic N) is 2. The van der Waals surface area contributed by atoms with E-state index in [2.05, 4.69) is 5.32 Å². The molecule has 1 saturated heterocycles. The summed E-state index contributed by atoms with van der Waals surface area (Å²) in [7, 11) is 0. The van der Waals surface area contributed by atoms with Gasteiger partial charge in [0.05, 0.1) is 0 Å². The Bertz CT molecular complexity index is 954. The number of fused-ring (bicyclic) bond motifs is 4. The third kappa shape index (κ3) is 3.65. The van der Waals surface area contributed by atoms with Crippen LogP contribution in [0.3, 0.4) is 0 Å². The molecule has 2 aliphatic heterocycles. The first-order chi connectivity index (χ1) is 13.5. The first-order valence-electron chi connectivity index (χ1n) is 9.48. The highest BCUT2D eigenvalue weighted by atomic mass is 16.5. The van der Waals surface area contributed by atoms with E-state index in [0.717, 1.165) is 12.1 Å². The Hall–Kier alpha value is -3.09. The third-order valence-electron chi connectivity index (χ3n) is 5.37. The topological polar surface area (TPSA) is 80.6 Å². The number of nitrogens with one attached hydrogen (secondary N) is 1. The predicted octanol–water partition coefficient (Wildman–Crippen LogP) is 1.83. The number of hydrogen-bond acceptors (Lipinski definition) is 4. The fourth-order valence-corrected chi connectivity index (χ4v) is 4.19. The average Bonchev–Trinajstić information content (AvgIpc) is 2.69. The number of para-hydroxylation sites is 1. The monoisotopic (exact) mass is 381 g/mol. The zero-order valence-corrected chi connectivity index (χ0v) is 15.8. The minimum atomic E-state index is -0.260. The van der Waals surface area contributed by atoms with E-state index in [-0.39, 0.29) is 35.8 Å². The van der Waals surface area contributed by atoms with E-state index in [1.54, 1.807) is 10.6 Å². The molecule has 146 valence electrons. The van der Waals surface area contributed by atoms with Crippen molar-refractivity contribution in [3.8, 4) is 5.75 Å². The normalized spacial score (nSPS) is 20.2. The van der Waals surface area contributed by atoms with Crippen LogP contribution in [-0.2, 0) is 16.1 Å². The number of rotatable bonds is 4. The molecule has 2 atom stereocenters. The van der Waals surface area contributed by atoms with Crippen molar-refractivity contribution in [2.75, 3.05) is 25.0 Å². The number of ether oxygens (including phenoxy) is 1. The van der Waals surface area contributed by atoms with E-state index >= 15 is 0 Å². The molecule has 2 bridgehead atoms. The summed E-state index contributed by atoms with van der Waals surface area (Å²) in [6.45, 7) is 3.15. The molecule has 1 fully saturated rings. The zero-order chi connectivity index (χ0) is 19.7. The highest BCUT2D eigenvalue weighted by Crippen LogP contribution is 2.35. The minimum Gasteiger partial charge on any atom is -0.484 e. The summed E-state index contributed by atoms with van der Waals surface area (Å²) in [6, 6.07) is 12.8. The molecule has 7 nitrogen and oxygen atoms in total. The highest BCUT2D eigenvalue weighted by molar-refractivity contribution is 5.88. The molecule has 2 aromatic rings. The Balaban J connectivity index is 1.48. The van der Waals surface area contributed by atoms with E-state index in [4.69, 9.17) is 4.74 Å². The van der Waals surface area contributed by atoms with Crippen molar-refractivity contribution in [3.05, 3.63) is 58.5 Å². The molecule has 7 heteroatoms. The van der Waals surface area contributed by atoms with Gasteiger partial charge in [-0.1, -0.05) is 18.2 Å². The fraction of sp³-hybridized carbons (Fsp3) is 0.381. The number of piperidine rings is 1. The molecule has 2 amide bonds. The van der Waals surface area contributed by atoms with Gasteiger partial charge in [-0.2, -0.15) is 0 Å². The lowest BCUT2D eigenvalue weighted by Gasteiger charge is -2.42. The van der Waals surface area contributed by atoms with Crippen LogP contribution in [0.1, 0.15) is 25.0 Å². The highest BCUT2D eigenvalue weighted by Gasteiger charge is 2.36. The molecule has 0 saturated carbocycles. The van der Waals surface area contributed by atoms with Crippen molar-refractivity contribution in [1.29, 1.82) is 0 Å². The lowest BCUT2D eigenvalue weighted by atomic mass is 9.83. The summed E-state index contributed by atoms with van der Waals surface area (Å²) in [5, 5.41) is 2.59. The molecule has 1 aromatic carbocycles. The van der Waals surface area contributed by atoms with Gasteiger partial charge in [0, 0.05) is 38.2 Å². The number of carbonyl (C=O) groups is 2. The van der Waals surface area contributed by atoms with Crippen molar-refractivity contribution in [1.82, 2.24) is 9.47 Å². The van der Waals surface area contributed by atoms with Gasteiger partial charge in [0.1, 0.15) is 11.4 Å². The summed E-state index contributed by atoms with van der Waals surface area (Å²) in [5.74, 6) is 0.716. The zero-order valence-electron chi connectivity index (χ0n) is 15.8. The molecule has 4 rings (SSSR count). The molecule has 2 aliphatic rings. The molecule has 0 unspecified atom stereocenters. The molecule has 0 spiro atoms. The molecule has 0 radical (unpaired) electrons. The Morgan fingerprint density at radius 2 is 1.89 bits per heavy atom. The van der Waals surface area contributed by atoms with Gasteiger partial charge in [-0.3, -0.25) is 14.4 Å². The van der Waals surface area contributed by atoms with Crippen LogP contribution >= 0.6 is 0 Å². The molecular formula is C21H23N3O4. The first-order valence-corrected chi connectivity index (χ1v) is 9.48. The SMILES string of the molecule is CC(=O)Nc1ccc2n(c1=O)C[C@@H]1C[C@@H]2CN(C(=O)COc2ccccc2)C1. The summed E-state index contributed by atoms with van der Waals surface area (Å²) in [5.41, 5.74) is 1.06. The fourth-order valence-electron chi connectivity index (χ4n) is 4.19. The van der Waals surface area contributed by atoms with Gasteiger partial charge < -0.3 is 19.5 Å². The standard InChI is InChI=1S/C21H23N3O4/c1-14(25)22-18-7-8-19-16-9-15(11-24(19)21(18)27)10-23(12-16)20(26)13-28-17-5-3-2-4-6-17/h2-8,15-16H,9-13H2,1H3,(H,22,25)/t15-,16-/m1/s1. The number of aromatic nitrogens is 1. The van der Waals surface area contributed by atoms with Crippen molar-refractivity contribution >= 4 is 17.5 Å². The van der Waals surface area contributed by atoms with Gasteiger partial charge in [0.15, 0.2) is 6.61 Å². The average molecular weight is 381 g/mol. The van der Waals surface area contributed by atoms with Crippen LogP contribution in [0.2, 0.25) is 0 Å². The maximum absolute atomic E-state index is 12.7. The second kappa shape index (κ2) is 7.50. The van der Waals surface area contributed by atoms with E-state index < -0.39 is 0 Å². The summed E-state index contributed by atoms with van der Waals surface area (Å²) in [4.78, 5) is 38.5. The molecule has 0 aliphatic carbocycles. The van der Waals surface area contributed by atoms with Crippen LogP contribution in [0.15, 0.2) is 47.3 Å². The maximum atomic E-state index is 12.7. The molecule has 3 heterocycles. The van der Waals surface area contributed by atoms with Crippen LogP contribution in [0, 0.1) is 5.92 Å². The van der Waals surface area contributed by atoms with Crippen LogP contribution < -0.4 is 15.6 Å². The molecule has 28 heavy (non-hydrogen) atoms. The second-order valence-electron chi connectivity index (χ2n) is 7.47. The summed E-state index contributed by atoms with van der Waals surface area (Å²) in [6.07, 6.45) is 0.961. The van der Waals surface area contributed by atoms with Gasteiger partial charge in [0.2, 0.25) is 5.91 Å². The van der Waals surface area contributed by atoms with Crippen molar-refractivity contribution in [2.24, 2.45) is 5.92 Å². The maximum Gasteiger partial charge on any atom is 0.274 e. The number of benzene rings is 1. The Morgan fingerprint density at radius 1 is 1.11 bits per heavy atom. The van der Waals surface area contributed by atoms with Gasteiger partial charge >= 0.3 is 0 Å². The number of pyridine rings is 1. The van der Waals surface area contributed by atoms with E-state index in [0.29, 0.717) is 31.1 Å². The Morgan fingerprint density at radius 3 is 2.64 bits per heavy atom. The van der Waals surface area contributed by atoms with E-state index in [9.17, 15) is 14.4 Å². The van der Waals surface area contributed by atoms with Crippen LogP contribution in [0.25, 0.3) is 0 Å². The quantitative estimate of drug-likeness (QED) is 0.876. The van der Waals surface area contributed by atoms with Crippen LogP contribution in [0.5, 0.6) is 5.75 Å². The minimum absolute atomic E-state index is 0.0116. The lowest BCUT2D eigenvalue weighted by Crippen LogP contribution is -2.50. The lowest BCUT2D eigenvalue weighted by molar-refractivity contribution is -0.136. The first kappa shape index (κ1) is 18.3. The molecular weight excluding hydrogens is 358 g/mol. The van der Waals surface area contributed by atoms with Crippen LogP contribution in [-0.4, -0.2) is 41.0 Å². The molecule has 1 aromatic heterocycles. The Kier molecular flexibility index (Phi) is 4.90. The third-order valence-corrected chi connectivity index (χ3v) is 5.37. The second-order valence-corrected chi connectivity index (χ2v) is 7.47. The van der Waals surface area contributed by atoms with Gasteiger partial charge in [-0.05, 0) is 36.6 Å². The van der Waals surface area contributed by atoms with Gasteiger partial charge in [-0.25, -0.2) is 0 Å². The van der Waals surface area contributed by atoms with Crippen molar-refractivity contribution in [2.45, 2.75) is 25.8 Å². The number of anilines is 1. The molecule has 1 N–H and O–H groups in total. The number of carbonyl (C=O) groups excluding carboxylic acids is 2. The number of amides is 2. The summed E-state index contributed by atoms with van der Waals surface area (Å²) >= 11 is 0. The van der Waals surface area contributed by atoms with Crippen LogP contribution in [0.4, 0.5) is 5.69 Å². The number of likely N-dealkylation sites (tertiary alicyclic amines) is 1. The van der Waals surface area contributed by atoms with Crippen molar-refractivity contribution in [3.63, 3.8) is 0 Å². The number of hydrogen-bond donors (Lipinski definition) is 1. The van der Waals surface area contributed by atoms with E-state index in [1.165, 1.54) is 6.92 Å². The smallest absolute Gasteiger partial charge is 0.274 e. The predicted molar refractivity (Wildman–Crippen MR) is 104 cm³/mol. The largest absolute Gasteiger partial charge is 0.484 e. The van der Waals surface area contributed by atoms with Gasteiger partial charge in [0.25, 0.3) is 11.5 Å². The van der Waals surface area contributed by atoms with E-state index in [1.807, 2.05) is 41.3 Å².